The molecule has 1 heterocycles. The summed E-state index contributed by atoms with van der Waals surface area (Å²) in [4.78, 5) is 28.3. The Balaban J connectivity index is 1.20. The van der Waals surface area contributed by atoms with Crippen LogP contribution in [0.4, 0.5) is 4.39 Å². The van der Waals surface area contributed by atoms with Gasteiger partial charge < -0.3 is 20.9 Å². The highest BCUT2D eigenvalue weighted by molar-refractivity contribution is 5.98. The van der Waals surface area contributed by atoms with Crippen molar-refractivity contribution in [2.24, 2.45) is 0 Å². The van der Waals surface area contributed by atoms with Crippen LogP contribution in [0.3, 0.4) is 0 Å². The number of rotatable bonds is 9. The lowest BCUT2D eigenvalue weighted by atomic mass is 10.0. The monoisotopic (exact) mass is 514 g/mol. The number of aryl methyl sites for hydroxylation is 1. The number of nitrogens with zero attached hydrogens (tertiary/aromatic N) is 1. The van der Waals surface area contributed by atoms with Crippen LogP contribution >= 0.6 is 0 Å². The third-order valence-electron chi connectivity index (χ3n) is 7.49. The first-order valence-electron chi connectivity index (χ1n) is 13.4. The fourth-order valence-electron chi connectivity index (χ4n) is 5.08. The number of nitrogens with one attached hydrogen (secondary N) is 3. The number of piperazine rings is 1. The van der Waals surface area contributed by atoms with Gasteiger partial charge in [-0.2, -0.15) is 0 Å². The summed E-state index contributed by atoms with van der Waals surface area (Å²) in [7, 11) is 0. The Morgan fingerprint density at radius 2 is 1.58 bits per heavy atom. The quantitative estimate of drug-likeness (QED) is 0.406. The van der Waals surface area contributed by atoms with Gasteiger partial charge in [0.05, 0.1) is 0 Å². The molecule has 2 amide bonds. The lowest BCUT2D eigenvalue weighted by Crippen LogP contribution is -2.54. The molecule has 3 aromatic rings. The zero-order valence-corrected chi connectivity index (χ0v) is 21.8. The van der Waals surface area contributed by atoms with Crippen molar-refractivity contribution in [1.29, 1.82) is 0 Å². The van der Waals surface area contributed by atoms with Crippen molar-refractivity contribution in [3.63, 3.8) is 0 Å². The summed E-state index contributed by atoms with van der Waals surface area (Å²) in [6.07, 6.45) is 1.62. The van der Waals surface area contributed by atoms with E-state index in [2.05, 4.69) is 47.1 Å². The molecule has 2 aliphatic rings. The third-order valence-corrected chi connectivity index (χ3v) is 7.49. The fourth-order valence-corrected chi connectivity index (χ4v) is 5.08. The molecule has 2 fully saturated rings. The lowest BCUT2D eigenvalue weighted by molar-refractivity contribution is -0.134. The van der Waals surface area contributed by atoms with Crippen LogP contribution < -0.4 is 16.0 Å². The van der Waals surface area contributed by atoms with Crippen LogP contribution in [0.15, 0.2) is 72.8 Å². The first-order chi connectivity index (χ1) is 18.5. The molecule has 1 aliphatic heterocycles. The van der Waals surface area contributed by atoms with E-state index in [0.29, 0.717) is 43.6 Å². The van der Waals surface area contributed by atoms with Gasteiger partial charge in [-0.25, -0.2) is 4.39 Å². The van der Waals surface area contributed by atoms with Crippen LogP contribution in [0.25, 0.3) is 11.1 Å². The van der Waals surface area contributed by atoms with Crippen molar-refractivity contribution in [2.45, 2.75) is 37.8 Å². The Bertz CT molecular complexity index is 1240. The maximum Gasteiger partial charge on any atom is 0.251 e. The minimum absolute atomic E-state index is 0.0320. The van der Waals surface area contributed by atoms with Crippen LogP contribution in [0, 0.1) is 12.7 Å². The average molecular weight is 515 g/mol. The van der Waals surface area contributed by atoms with E-state index in [4.69, 9.17) is 0 Å². The Morgan fingerprint density at radius 1 is 0.947 bits per heavy atom. The van der Waals surface area contributed by atoms with Crippen molar-refractivity contribution >= 4 is 11.8 Å². The smallest absolute Gasteiger partial charge is 0.251 e. The third kappa shape index (κ3) is 6.47. The second kappa shape index (κ2) is 11.9. The topological polar surface area (TPSA) is 73.5 Å². The van der Waals surface area contributed by atoms with Crippen LogP contribution in [0.5, 0.6) is 0 Å². The largest absolute Gasteiger partial charge is 0.340 e. The molecule has 1 saturated heterocycles. The molecule has 0 unspecified atom stereocenters. The SMILES string of the molecule is Cc1ccc([C@@H]2C[C@H]2NCC[C@H](NC(=O)c2ccc(-c3ccc(F)cc3)cc2)C(=O)N2CCNCC2)cc1. The number of carbonyl (C=O) groups is 2. The van der Waals surface area contributed by atoms with Crippen LogP contribution in [0.2, 0.25) is 0 Å². The van der Waals surface area contributed by atoms with Gasteiger partial charge in [-0.1, -0.05) is 54.1 Å². The minimum atomic E-state index is -0.596. The molecular weight excluding hydrogens is 479 g/mol. The molecule has 0 spiro atoms. The highest BCUT2D eigenvalue weighted by atomic mass is 19.1. The molecule has 1 saturated carbocycles. The van der Waals surface area contributed by atoms with Gasteiger partial charge in [-0.3, -0.25) is 9.59 Å². The molecule has 1 aliphatic carbocycles. The second-order valence-electron chi connectivity index (χ2n) is 10.3. The van der Waals surface area contributed by atoms with E-state index in [-0.39, 0.29) is 17.6 Å². The lowest BCUT2D eigenvalue weighted by Gasteiger charge is -2.31. The standard InChI is InChI=1S/C31H35FN4O2/c1-21-2-4-24(5-3-21)27-20-29(27)34-15-14-28(31(38)36-18-16-33-17-19-36)35-30(37)25-8-6-22(7-9-25)23-10-12-26(32)13-11-23/h2-13,27-29,33-34H,14-20H2,1H3,(H,35,37)/t27-,28-,29+/m0/s1. The summed E-state index contributed by atoms with van der Waals surface area (Å²) in [5.74, 6) is -0.0810. The number of benzene rings is 3. The van der Waals surface area contributed by atoms with Gasteiger partial charge in [-0.05, 0) is 67.3 Å². The van der Waals surface area contributed by atoms with E-state index in [1.807, 2.05) is 17.0 Å². The summed E-state index contributed by atoms with van der Waals surface area (Å²) in [5.41, 5.74) is 4.86. The molecule has 198 valence electrons. The fraction of sp³-hybridized carbons (Fsp3) is 0.355. The van der Waals surface area contributed by atoms with Crippen LogP contribution in [-0.2, 0) is 4.79 Å². The summed E-state index contributed by atoms with van der Waals surface area (Å²) in [6, 6.07) is 21.9. The highest BCUT2D eigenvalue weighted by Gasteiger charge is 2.38. The molecular formula is C31H35FN4O2. The molecule has 0 bridgehead atoms. The summed E-state index contributed by atoms with van der Waals surface area (Å²) >= 11 is 0. The highest BCUT2D eigenvalue weighted by Crippen LogP contribution is 2.40. The first kappa shape index (κ1) is 26.1. The number of halogens is 1. The van der Waals surface area contributed by atoms with Crippen LogP contribution in [-0.4, -0.2) is 61.5 Å². The van der Waals surface area contributed by atoms with Crippen molar-refractivity contribution in [3.8, 4) is 11.1 Å². The van der Waals surface area contributed by atoms with E-state index in [9.17, 15) is 14.0 Å². The normalized spacial score (nSPS) is 19.6. The van der Waals surface area contributed by atoms with Gasteiger partial charge in [0.15, 0.2) is 0 Å². The minimum Gasteiger partial charge on any atom is -0.340 e. The van der Waals surface area contributed by atoms with E-state index in [1.165, 1.54) is 23.3 Å². The van der Waals surface area contributed by atoms with E-state index >= 15 is 0 Å². The Hall–Kier alpha value is -3.55. The van der Waals surface area contributed by atoms with Gasteiger partial charge in [0, 0.05) is 43.7 Å². The van der Waals surface area contributed by atoms with Gasteiger partial charge >= 0.3 is 0 Å². The van der Waals surface area contributed by atoms with Gasteiger partial charge in [-0.15, -0.1) is 0 Å². The Labute approximate surface area is 223 Å². The Morgan fingerprint density at radius 3 is 2.24 bits per heavy atom. The molecule has 6 nitrogen and oxygen atoms in total. The summed E-state index contributed by atoms with van der Waals surface area (Å²) < 4.78 is 13.2. The molecule has 7 heteroatoms. The molecule has 0 radical (unpaired) electrons. The number of hydrogen-bond donors (Lipinski definition) is 3. The van der Waals surface area contributed by atoms with Crippen molar-refractivity contribution in [3.05, 3.63) is 95.3 Å². The Kier molecular flexibility index (Phi) is 8.15. The molecule has 3 atom stereocenters. The predicted octanol–water partition coefficient (Wildman–Crippen LogP) is 3.87. The van der Waals surface area contributed by atoms with Gasteiger partial charge in [0.1, 0.15) is 11.9 Å². The van der Waals surface area contributed by atoms with Gasteiger partial charge in [0.2, 0.25) is 5.91 Å². The van der Waals surface area contributed by atoms with Crippen LogP contribution in [0.1, 0.15) is 40.2 Å². The number of hydrogen-bond acceptors (Lipinski definition) is 4. The maximum absolute atomic E-state index is 13.4. The second-order valence-corrected chi connectivity index (χ2v) is 10.3. The zero-order chi connectivity index (χ0) is 26.5. The van der Waals surface area contributed by atoms with E-state index in [0.717, 1.165) is 30.6 Å². The average Bonchev–Trinajstić information content (AvgIpc) is 3.73. The summed E-state index contributed by atoms with van der Waals surface area (Å²) in [6.45, 7) is 5.55. The summed E-state index contributed by atoms with van der Waals surface area (Å²) in [5, 5.41) is 9.86. The number of amides is 2. The first-order valence-corrected chi connectivity index (χ1v) is 13.4. The maximum atomic E-state index is 13.4. The van der Waals surface area contributed by atoms with Crippen molar-refractivity contribution in [2.75, 3.05) is 32.7 Å². The molecule has 0 aromatic heterocycles. The molecule has 3 N–H and O–H groups in total. The predicted molar refractivity (Wildman–Crippen MR) is 147 cm³/mol. The number of carbonyl (C=O) groups excluding carboxylic acids is 2. The van der Waals surface area contributed by atoms with Gasteiger partial charge in [0.25, 0.3) is 5.91 Å². The van der Waals surface area contributed by atoms with Crippen molar-refractivity contribution in [1.82, 2.24) is 20.9 Å². The zero-order valence-electron chi connectivity index (χ0n) is 21.8. The van der Waals surface area contributed by atoms with Crippen molar-refractivity contribution < 1.29 is 14.0 Å². The molecule has 3 aromatic carbocycles. The molecule has 5 rings (SSSR count). The van der Waals surface area contributed by atoms with E-state index < -0.39 is 6.04 Å². The molecule has 38 heavy (non-hydrogen) atoms. The van der Waals surface area contributed by atoms with E-state index in [1.54, 1.807) is 24.3 Å².